The Morgan fingerprint density at radius 1 is 1.41 bits per heavy atom. The van der Waals surface area contributed by atoms with Crippen LogP contribution in [0.3, 0.4) is 0 Å². The van der Waals surface area contributed by atoms with Gasteiger partial charge in [-0.3, -0.25) is 0 Å². The van der Waals surface area contributed by atoms with Crippen LogP contribution in [0, 0.1) is 13.8 Å². The topological polar surface area (TPSA) is 30.5 Å². The maximum absolute atomic E-state index is 6.23. The van der Waals surface area contributed by atoms with E-state index in [9.17, 15) is 0 Å². The lowest BCUT2D eigenvalue weighted by Crippen LogP contribution is -2.33. The summed E-state index contributed by atoms with van der Waals surface area (Å²) in [6.07, 6.45) is 0.0655. The van der Waals surface area contributed by atoms with Gasteiger partial charge in [0.2, 0.25) is 0 Å². The van der Waals surface area contributed by atoms with Gasteiger partial charge in [0.15, 0.2) is 0 Å². The molecule has 1 N–H and O–H groups in total. The Labute approximate surface area is 107 Å². The summed E-state index contributed by atoms with van der Waals surface area (Å²) in [5, 5.41) is 4.06. The van der Waals surface area contributed by atoms with Gasteiger partial charge in [-0.15, -0.1) is 0 Å². The molecule has 0 radical (unpaired) electrons. The van der Waals surface area contributed by atoms with Gasteiger partial charge >= 0.3 is 0 Å². The smallest absolute Gasteiger partial charge is 0.126 e. The third kappa shape index (κ3) is 2.41. The molecule has 0 saturated carbocycles. The van der Waals surface area contributed by atoms with Gasteiger partial charge in [0.25, 0.3) is 0 Å². The van der Waals surface area contributed by atoms with Crippen molar-refractivity contribution in [1.29, 1.82) is 0 Å². The van der Waals surface area contributed by atoms with Crippen LogP contribution in [0.15, 0.2) is 6.07 Å². The molecule has 1 aliphatic heterocycles. The van der Waals surface area contributed by atoms with Crippen molar-refractivity contribution in [3.05, 3.63) is 27.8 Å². The van der Waals surface area contributed by atoms with Crippen LogP contribution in [0.25, 0.3) is 0 Å². The molecule has 0 amide bonds. The normalized spacial score (nSPS) is 20.4. The van der Waals surface area contributed by atoms with E-state index in [2.05, 4.69) is 12.2 Å². The number of rotatable bonds is 2. The van der Waals surface area contributed by atoms with Crippen molar-refractivity contribution in [2.24, 2.45) is 0 Å². The van der Waals surface area contributed by atoms with Crippen molar-refractivity contribution in [2.45, 2.75) is 20.0 Å². The Bertz CT molecular complexity index is 414. The first kappa shape index (κ1) is 12.7. The number of morpholine rings is 1. The molecule has 3 nitrogen and oxygen atoms in total. The Morgan fingerprint density at radius 3 is 2.76 bits per heavy atom. The van der Waals surface area contributed by atoms with Crippen LogP contribution in [0.1, 0.15) is 22.8 Å². The SMILES string of the molecule is COc1c(C)c(Cl)cc(C2CNCCO2)c1C. The quantitative estimate of drug-likeness (QED) is 0.881. The van der Waals surface area contributed by atoms with Crippen LogP contribution in [0.5, 0.6) is 5.75 Å². The van der Waals surface area contributed by atoms with Crippen molar-refractivity contribution in [1.82, 2.24) is 5.32 Å². The Balaban J connectivity index is 2.42. The van der Waals surface area contributed by atoms with Crippen LogP contribution in [-0.4, -0.2) is 26.8 Å². The highest BCUT2D eigenvalue weighted by Gasteiger charge is 2.21. The number of methoxy groups -OCH3 is 1. The molecule has 0 bridgehead atoms. The second kappa shape index (κ2) is 5.25. The van der Waals surface area contributed by atoms with Crippen LogP contribution >= 0.6 is 11.6 Å². The molecule has 1 heterocycles. The summed E-state index contributed by atoms with van der Waals surface area (Å²) >= 11 is 6.23. The second-order valence-electron chi connectivity index (χ2n) is 4.29. The van der Waals surface area contributed by atoms with Crippen LogP contribution in [-0.2, 0) is 4.74 Å². The van der Waals surface area contributed by atoms with E-state index in [1.807, 2.05) is 13.0 Å². The molecule has 0 aromatic heterocycles. The summed E-state index contributed by atoms with van der Waals surface area (Å²) < 4.78 is 11.2. The average Bonchev–Trinajstić information content (AvgIpc) is 2.36. The number of halogens is 1. The van der Waals surface area contributed by atoms with Gasteiger partial charge in [0, 0.05) is 23.7 Å². The summed E-state index contributed by atoms with van der Waals surface area (Å²) in [6.45, 7) is 6.49. The zero-order valence-corrected chi connectivity index (χ0v) is 11.2. The highest BCUT2D eigenvalue weighted by Crippen LogP contribution is 2.36. The second-order valence-corrected chi connectivity index (χ2v) is 4.70. The van der Waals surface area contributed by atoms with Crippen molar-refractivity contribution in [3.8, 4) is 5.75 Å². The molecule has 0 aliphatic carbocycles. The molecule has 94 valence electrons. The molecule has 1 saturated heterocycles. The predicted molar refractivity (Wildman–Crippen MR) is 69.0 cm³/mol. The summed E-state index contributed by atoms with van der Waals surface area (Å²) in [5.41, 5.74) is 3.21. The van der Waals surface area contributed by atoms with E-state index in [0.29, 0.717) is 0 Å². The van der Waals surface area contributed by atoms with E-state index in [1.165, 1.54) is 0 Å². The Kier molecular flexibility index (Phi) is 3.92. The maximum atomic E-state index is 6.23. The molecule has 1 aliphatic rings. The zero-order chi connectivity index (χ0) is 12.4. The molecule has 2 rings (SSSR count). The van der Waals surface area contributed by atoms with Crippen LogP contribution < -0.4 is 10.1 Å². The summed E-state index contributed by atoms with van der Waals surface area (Å²) in [5.74, 6) is 0.863. The fourth-order valence-corrected chi connectivity index (χ4v) is 2.48. The summed E-state index contributed by atoms with van der Waals surface area (Å²) in [7, 11) is 1.68. The molecule has 1 aromatic rings. The number of benzene rings is 1. The van der Waals surface area contributed by atoms with Crippen molar-refractivity contribution in [3.63, 3.8) is 0 Å². The fraction of sp³-hybridized carbons (Fsp3) is 0.538. The Hall–Kier alpha value is -0.770. The van der Waals surface area contributed by atoms with Gasteiger partial charge in [-0.2, -0.15) is 0 Å². The highest BCUT2D eigenvalue weighted by molar-refractivity contribution is 6.31. The lowest BCUT2D eigenvalue weighted by atomic mass is 9.99. The number of nitrogens with one attached hydrogen (secondary N) is 1. The third-order valence-corrected chi connectivity index (χ3v) is 3.63. The summed E-state index contributed by atoms with van der Waals surface area (Å²) in [6, 6.07) is 1.99. The van der Waals surface area contributed by atoms with Crippen molar-refractivity contribution >= 4 is 11.6 Å². The highest BCUT2D eigenvalue weighted by atomic mass is 35.5. The van der Waals surface area contributed by atoms with E-state index >= 15 is 0 Å². The van der Waals surface area contributed by atoms with Gasteiger partial charge in [0.1, 0.15) is 5.75 Å². The van der Waals surface area contributed by atoms with Gasteiger partial charge in [-0.05, 0) is 31.0 Å². The fourth-order valence-electron chi connectivity index (χ4n) is 2.28. The van der Waals surface area contributed by atoms with Gasteiger partial charge in [-0.1, -0.05) is 11.6 Å². The number of hydrogen-bond acceptors (Lipinski definition) is 3. The monoisotopic (exact) mass is 255 g/mol. The van der Waals surface area contributed by atoms with Crippen molar-refractivity contribution < 1.29 is 9.47 Å². The minimum Gasteiger partial charge on any atom is -0.496 e. The molecule has 1 unspecified atom stereocenters. The lowest BCUT2D eigenvalue weighted by Gasteiger charge is -2.26. The molecule has 1 fully saturated rings. The standard InChI is InChI=1S/C13H18ClNO2/c1-8-10(12-7-15-4-5-17-12)6-11(14)9(2)13(8)16-3/h6,12,15H,4-5,7H2,1-3H3. The minimum atomic E-state index is 0.0655. The van der Waals surface area contributed by atoms with Gasteiger partial charge in [0.05, 0.1) is 19.8 Å². The third-order valence-electron chi connectivity index (χ3n) is 3.23. The molecule has 1 atom stereocenters. The molecule has 17 heavy (non-hydrogen) atoms. The van der Waals surface area contributed by atoms with E-state index < -0.39 is 0 Å². The first-order valence-electron chi connectivity index (χ1n) is 5.81. The predicted octanol–water partition coefficient (Wildman–Crippen LogP) is 2.63. The van der Waals surface area contributed by atoms with E-state index in [1.54, 1.807) is 7.11 Å². The minimum absolute atomic E-state index is 0.0655. The average molecular weight is 256 g/mol. The largest absolute Gasteiger partial charge is 0.496 e. The molecule has 4 heteroatoms. The molecule has 1 aromatic carbocycles. The first-order chi connectivity index (χ1) is 8.15. The lowest BCUT2D eigenvalue weighted by molar-refractivity contribution is 0.0272. The molecular weight excluding hydrogens is 238 g/mol. The number of hydrogen-bond donors (Lipinski definition) is 1. The first-order valence-corrected chi connectivity index (χ1v) is 6.19. The van der Waals surface area contributed by atoms with Gasteiger partial charge < -0.3 is 14.8 Å². The van der Waals surface area contributed by atoms with Crippen molar-refractivity contribution in [2.75, 3.05) is 26.8 Å². The van der Waals surface area contributed by atoms with Crippen LogP contribution in [0.4, 0.5) is 0 Å². The van der Waals surface area contributed by atoms with Gasteiger partial charge in [-0.25, -0.2) is 0 Å². The Morgan fingerprint density at radius 2 is 2.18 bits per heavy atom. The van der Waals surface area contributed by atoms with E-state index in [-0.39, 0.29) is 6.10 Å². The van der Waals surface area contributed by atoms with E-state index in [4.69, 9.17) is 21.1 Å². The van der Waals surface area contributed by atoms with Crippen LogP contribution in [0.2, 0.25) is 5.02 Å². The summed E-state index contributed by atoms with van der Waals surface area (Å²) in [4.78, 5) is 0. The zero-order valence-electron chi connectivity index (χ0n) is 10.5. The van der Waals surface area contributed by atoms with E-state index in [0.717, 1.165) is 47.2 Å². The molecule has 0 spiro atoms. The number of ether oxygens (including phenoxy) is 2. The maximum Gasteiger partial charge on any atom is 0.126 e. The molecular formula is C13H18ClNO2.